The number of ether oxygens (including phenoxy) is 1. The number of hydrogen-bond acceptors (Lipinski definition) is 4. The van der Waals surface area contributed by atoms with Crippen LogP contribution >= 0.6 is 27.5 Å². The summed E-state index contributed by atoms with van der Waals surface area (Å²) >= 11 is 9.78. The van der Waals surface area contributed by atoms with E-state index in [1.54, 1.807) is 0 Å². The molecule has 0 saturated carbocycles. The molecule has 1 heterocycles. The summed E-state index contributed by atoms with van der Waals surface area (Å²) in [6, 6.07) is 20.6. The summed E-state index contributed by atoms with van der Waals surface area (Å²) in [5, 5.41) is 3.47. The Morgan fingerprint density at radius 2 is 1.73 bits per heavy atom. The molecule has 0 aliphatic carbocycles. The van der Waals surface area contributed by atoms with Crippen molar-refractivity contribution in [1.82, 2.24) is 9.97 Å². The molecule has 5 nitrogen and oxygen atoms in total. The van der Waals surface area contributed by atoms with Gasteiger partial charge in [-0.05, 0) is 36.4 Å². The Kier molecular flexibility index (Phi) is 5.97. The number of anilines is 1. The molecule has 0 aliphatic heterocycles. The minimum Gasteiger partial charge on any atom is -0.471 e. The lowest BCUT2D eigenvalue weighted by atomic mass is 10.1. The van der Waals surface area contributed by atoms with Crippen LogP contribution in [0, 0.1) is 0 Å². The average molecular weight is 483 g/mol. The maximum atomic E-state index is 11.7. The predicted molar refractivity (Wildman–Crippen MR) is 123 cm³/mol. The molecule has 1 amide bonds. The molecule has 7 heteroatoms. The molecule has 1 aromatic heterocycles. The van der Waals surface area contributed by atoms with Gasteiger partial charge >= 0.3 is 0 Å². The van der Waals surface area contributed by atoms with E-state index in [4.69, 9.17) is 26.3 Å². The molecular weight excluding hydrogens is 466 g/mol. The van der Waals surface area contributed by atoms with Crippen molar-refractivity contribution in [2.45, 2.75) is 13.5 Å². The number of carbonyl (C=O) groups excluding carboxylic acids is 1. The van der Waals surface area contributed by atoms with Crippen molar-refractivity contribution in [3.63, 3.8) is 0 Å². The van der Waals surface area contributed by atoms with Gasteiger partial charge in [-0.25, -0.2) is 9.97 Å². The Balaban J connectivity index is 1.84. The molecule has 0 aliphatic rings. The van der Waals surface area contributed by atoms with E-state index in [-0.39, 0.29) is 12.5 Å². The Morgan fingerprint density at radius 3 is 2.47 bits per heavy atom. The van der Waals surface area contributed by atoms with Crippen molar-refractivity contribution in [1.29, 1.82) is 0 Å². The van der Waals surface area contributed by atoms with Crippen LogP contribution in [-0.2, 0) is 11.4 Å². The SMILES string of the molecule is CC(=O)Nc1ccc(Br)cc1-c1nc2ccccc2nc1OCc1ccccc1Cl. The van der Waals surface area contributed by atoms with Crippen LogP contribution in [0.25, 0.3) is 22.3 Å². The number of carbonyl (C=O) groups is 1. The van der Waals surface area contributed by atoms with Crippen LogP contribution in [0.5, 0.6) is 5.88 Å². The Labute approximate surface area is 187 Å². The smallest absolute Gasteiger partial charge is 0.241 e. The van der Waals surface area contributed by atoms with E-state index in [0.29, 0.717) is 33.4 Å². The normalized spacial score (nSPS) is 10.8. The second-order valence-corrected chi connectivity index (χ2v) is 7.94. The van der Waals surface area contributed by atoms with Crippen LogP contribution in [0.15, 0.2) is 71.2 Å². The number of nitrogens with one attached hydrogen (secondary N) is 1. The molecular formula is C23H17BrClN3O2. The average Bonchev–Trinajstić information content (AvgIpc) is 2.73. The van der Waals surface area contributed by atoms with Crippen LogP contribution in [0.1, 0.15) is 12.5 Å². The van der Waals surface area contributed by atoms with Gasteiger partial charge in [0.05, 0.1) is 16.7 Å². The highest BCUT2D eigenvalue weighted by Gasteiger charge is 2.17. The first kappa shape index (κ1) is 20.3. The van der Waals surface area contributed by atoms with E-state index in [1.165, 1.54) is 6.92 Å². The number of benzene rings is 3. The molecule has 4 rings (SSSR count). The van der Waals surface area contributed by atoms with Gasteiger partial charge in [0.25, 0.3) is 0 Å². The fourth-order valence-corrected chi connectivity index (χ4v) is 3.58. The molecule has 0 atom stereocenters. The zero-order valence-electron chi connectivity index (χ0n) is 16.0. The maximum absolute atomic E-state index is 11.7. The van der Waals surface area contributed by atoms with Gasteiger partial charge in [-0.15, -0.1) is 0 Å². The number of aromatic nitrogens is 2. The minimum atomic E-state index is -0.175. The molecule has 0 radical (unpaired) electrons. The Hall–Kier alpha value is -2.96. The third-order valence-corrected chi connectivity index (χ3v) is 5.27. The summed E-state index contributed by atoms with van der Waals surface area (Å²) in [6.07, 6.45) is 0. The number of amides is 1. The summed E-state index contributed by atoms with van der Waals surface area (Å²) in [5.41, 5.74) is 4.14. The largest absolute Gasteiger partial charge is 0.471 e. The van der Waals surface area contributed by atoms with Crippen molar-refractivity contribution >= 4 is 50.2 Å². The maximum Gasteiger partial charge on any atom is 0.241 e. The van der Waals surface area contributed by atoms with Crippen molar-refractivity contribution in [2.24, 2.45) is 0 Å². The lowest BCUT2D eigenvalue weighted by Crippen LogP contribution is -2.08. The second-order valence-electron chi connectivity index (χ2n) is 6.62. The zero-order valence-corrected chi connectivity index (χ0v) is 18.4. The van der Waals surface area contributed by atoms with Gasteiger partial charge in [0.15, 0.2) is 0 Å². The summed E-state index contributed by atoms with van der Waals surface area (Å²) in [5.74, 6) is 0.184. The Morgan fingerprint density at radius 1 is 1.03 bits per heavy atom. The summed E-state index contributed by atoms with van der Waals surface area (Å²) in [6.45, 7) is 1.70. The van der Waals surface area contributed by atoms with Gasteiger partial charge in [-0.3, -0.25) is 4.79 Å². The van der Waals surface area contributed by atoms with E-state index < -0.39 is 0 Å². The van der Waals surface area contributed by atoms with Crippen LogP contribution in [0.4, 0.5) is 5.69 Å². The fourth-order valence-electron chi connectivity index (χ4n) is 3.03. The van der Waals surface area contributed by atoms with Crippen LogP contribution < -0.4 is 10.1 Å². The molecule has 30 heavy (non-hydrogen) atoms. The van der Waals surface area contributed by atoms with Crippen molar-refractivity contribution in [3.05, 3.63) is 81.8 Å². The molecule has 4 aromatic rings. The molecule has 3 aromatic carbocycles. The van der Waals surface area contributed by atoms with Crippen LogP contribution in [0.3, 0.4) is 0 Å². The predicted octanol–water partition coefficient (Wildman–Crippen LogP) is 6.25. The van der Waals surface area contributed by atoms with Crippen molar-refractivity contribution < 1.29 is 9.53 Å². The molecule has 0 saturated heterocycles. The summed E-state index contributed by atoms with van der Waals surface area (Å²) in [7, 11) is 0. The first-order valence-corrected chi connectivity index (χ1v) is 10.4. The molecule has 0 bridgehead atoms. The van der Waals surface area contributed by atoms with Gasteiger partial charge in [-0.1, -0.05) is 57.9 Å². The number of rotatable bonds is 5. The number of halogens is 2. The van der Waals surface area contributed by atoms with Gasteiger partial charge in [0.1, 0.15) is 12.3 Å². The molecule has 1 N–H and O–H groups in total. The lowest BCUT2D eigenvalue weighted by Gasteiger charge is -2.15. The zero-order chi connectivity index (χ0) is 21.1. The van der Waals surface area contributed by atoms with Gasteiger partial charge < -0.3 is 10.1 Å². The highest BCUT2D eigenvalue weighted by molar-refractivity contribution is 9.10. The minimum absolute atomic E-state index is 0.175. The van der Waals surface area contributed by atoms with Crippen molar-refractivity contribution in [3.8, 4) is 17.1 Å². The second kappa shape index (κ2) is 8.81. The molecule has 0 unspecified atom stereocenters. The number of fused-ring (bicyclic) bond motifs is 1. The Bertz CT molecular complexity index is 1250. The van der Waals surface area contributed by atoms with E-state index in [2.05, 4.69) is 21.2 Å². The molecule has 150 valence electrons. The van der Waals surface area contributed by atoms with E-state index in [0.717, 1.165) is 15.6 Å². The van der Waals surface area contributed by atoms with Crippen LogP contribution in [0.2, 0.25) is 5.02 Å². The summed E-state index contributed by atoms with van der Waals surface area (Å²) in [4.78, 5) is 21.2. The third kappa shape index (κ3) is 4.45. The van der Waals surface area contributed by atoms with Gasteiger partial charge in [0, 0.05) is 27.5 Å². The highest BCUT2D eigenvalue weighted by Crippen LogP contribution is 2.36. The first-order chi connectivity index (χ1) is 14.5. The first-order valence-electron chi connectivity index (χ1n) is 9.22. The van der Waals surface area contributed by atoms with Crippen LogP contribution in [-0.4, -0.2) is 15.9 Å². The van der Waals surface area contributed by atoms with Gasteiger partial charge in [0.2, 0.25) is 11.8 Å². The summed E-state index contributed by atoms with van der Waals surface area (Å²) < 4.78 is 6.93. The van der Waals surface area contributed by atoms with Crippen molar-refractivity contribution in [2.75, 3.05) is 5.32 Å². The monoisotopic (exact) mass is 481 g/mol. The fraction of sp³-hybridized carbons (Fsp3) is 0.0870. The number of hydrogen-bond donors (Lipinski definition) is 1. The van der Waals surface area contributed by atoms with E-state index in [9.17, 15) is 4.79 Å². The highest BCUT2D eigenvalue weighted by atomic mass is 79.9. The lowest BCUT2D eigenvalue weighted by molar-refractivity contribution is -0.114. The van der Waals surface area contributed by atoms with E-state index in [1.807, 2.05) is 66.7 Å². The number of para-hydroxylation sites is 2. The molecule has 0 spiro atoms. The number of nitrogens with zero attached hydrogens (tertiary/aromatic N) is 2. The molecule has 0 fully saturated rings. The quantitative estimate of drug-likeness (QED) is 0.365. The third-order valence-electron chi connectivity index (χ3n) is 4.41. The van der Waals surface area contributed by atoms with E-state index >= 15 is 0 Å². The standard InChI is InChI=1S/C23H17BrClN3O2/c1-14(29)26-19-11-10-16(24)12-17(19)22-23(28-21-9-5-4-8-20(21)27-22)30-13-15-6-2-3-7-18(15)25/h2-12H,13H2,1H3,(H,26,29). The van der Waals surface area contributed by atoms with Gasteiger partial charge in [-0.2, -0.15) is 0 Å². The topological polar surface area (TPSA) is 64.1 Å².